The van der Waals surface area contributed by atoms with Crippen LogP contribution in [-0.4, -0.2) is 76.5 Å². The van der Waals surface area contributed by atoms with E-state index in [0.717, 1.165) is 0 Å². The zero-order chi connectivity index (χ0) is 18.4. The first-order valence-electron chi connectivity index (χ1n) is 8.18. The van der Waals surface area contributed by atoms with Crippen LogP contribution in [0.5, 0.6) is 0 Å². The van der Waals surface area contributed by atoms with Gasteiger partial charge in [0.25, 0.3) is 0 Å². The first-order valence-corrected chi connectivity index (χ1v) is 9.62. The van der Waals surface area contributed by atoms with Crippen molar-refractivity contribution in [2.45, 2.75) is 17.4 Å². The average Bonchev–Trinajstić information content (AvgIpc) is 2.60. The lowest BCUT2D eigenvalue weighted by atomic mass is 10.2. The summed E-state index contributed by atoms with van der Waals surface area (Å²) < 4.78 is 32.1. The molecule has 1 aliphatic heterocycles. The highest BCUT2D eigenvalue weighted by Crippen LogP contribution is 2.21. The van der Waals surface area contributed by atoms with Crippen molar-refractivity contribution in [3.63, 3.8) is 0 Å². The Kier molecular flexibility index (Phi) is 6.91. The molecule has 1 heterocycles. The van der Waals surface area contributed by atoms with E-state index in [9.17, 15) is 13.2 Å². The second-order valence-corrected chi connectivity index (χ2v) is 8.02. The molecule has 1 unspecified atom stereocenters. The number of benzene rings is 1. The molecule has 0 aromatic heterocycles. The average molecular weight is 370 g/mol. The van der Waals surface area contributed by atoms with Gasteiger partial charge in [-0.05, 0) is 25.2 Å². The monoisotopic (exact) mass is 370 g/mol. The van der Waals surface area contributed by atoms with Gasteiger partial charge in [-0.2, -0.15) is 4.31 Å². The Morgan fingerprint density at radius 2 is 2.00 bits per heavy atom. The molecular formula is C16H26N4O4S. The minimum atomic E-state index is -3.57. The van der Waals surface area contributed by atoms with Crippen molar-refractivity contribution in [2.75, 3.05) is 52.2 Å². The summed E-state index contributed by atoms with van der Waals surface area (Å²) in [5.41, 5.74) is 5.94. The number of nitrogens with two attached hydrogens (primary N) is 1. The van der Waals surface area contributed by atoms with Crippen LogP contribution < -0.4 is 11.1 Å². The lowest BCUT2D eigenvalue weighted by molar-refractivity contribution is -0.118. The second-order valence-electron chi connectivity index (χ2n) is 6.08. The molecule has 9 heteroatoms. The van der Waals surface area contributed by atoms with Crippen LogP contribution in [0.3, 0.4) is 0 Å². The highest BCUT2D eigenvalue weighted by molar-refractivity contribution is 7.89. The van der Waals surface area contributed by atoms with E-state index >= 15 is 0 Å². The molecule has 1 aromatic carbocycles. The van der Waals surface area contributed by atoms with Crippen LogP contribution >= 0.6 is 0 Å². The summed E-state index contributed by atoms with van der Waals surface area (Å²) in [7, 11) is -0.104. The number of nitrogens with zero attached hydrogens (tertiary/aromatic N) is 2. The van der Waals surface area contributed by atoms with Gasteiger partial charge in [0.2, 0.25) is 15.9 Å². The third-order valence-electron chi connectivity index (χ3n) is 4.23. The number of rotatable bonds is 7. The van der Waals surface area contributed by atoms with Crippen LogP contribution in [0.25, 0.3) is 0 Å². The second kappa shape index (κ2) is 8.72. The maximum atomic E-state index is 12.8. The Morgan fingerprint density at radius 1 is 1.32 bits per heavy atom. The van der Waals surface area contributed by atoms with Gasteiger partial charge in [-0.25, -0.2) is 8.42 Å². The number of anilines is 1. The van der Waals surface area contributed by atoms with E-state index in [1.54, 1.807) is 18.2 Å². The fourth-order valence-corrected chi connectivity index (χ4v) is 4.06. The molecule has 1 aromatic rings. The Balaban J connectivity index is 2.08. The number of piperazine rings is 1. The summed E-state index contributed by atoms with van der Waals surface area (Å²) in [6, 6.07) is 6.30. The number of amides is 1. The minimum Gasteiger partial charge on any atom is -0.380 e. The van der Waals surface area contributed by atoms with Gasteiger partial charge in [0.05, 0.1) is 17.4 Å². The van der Waals surface area contributed by atoms with Crippen LogP contribution in [-0.2, 0) is 19.6 Å². The third kappa shape index (κ3) is 5.23. The van der Waals surface area contributed by atoms with Crippen molar-refractivity contribution in [3.8, 4) is 0 Å². The maximum absolute atomic E-state index is 12.8. The number of nitrogens with one attached hydrogen (secondary N) is 1. The van der Waals surface area contributed by atoms with Crippen molar-refractivity contribution in [2.24, 2.45) is 5.73 Å². The van der Waals surface area contributed by atoms with Gasteiger partial charge in [-0.15, -0.1) is 0 Å². The van der Waals surface area contributed by atoms with Crippen LogP contribution in [0.4, 0.5) is 5.69 Å². The van der Waals surface area contributed by atoms with E-state index in [1.165, 1.54) is 17.5 Å². The van der Waals surface area contributed by atoms with Gasteiger partial charge >= 0.3 is 0 Å². The summed E-state index contributed by atoms with van der Waals surface area (Å²) >= 11 is 0. The summed E-state index contributed by atoms with van der Waals surface area (Å²) in [6.07, 6.45) is -0.250. The number of sulfonamides is 1. The molecule has 0 aliphatic carbocycles. The number of likely N-dealkylation sites (N-methyl/N-ethyl adjacent to an activating group) is 1. The van der Waals surface area contributed by atoms with Gasteiger partial charge in [0.15, 0.2) is 0 Å². The number of carbonyl (C=O) groups is 1. The highest BCUT2D eigenvalue weighted by atomic mass is 32.2. The standard InChI is InChI=1S/C16H26N4O4S/c1-19-6-8-20(9-7-19)25(22,23)15-5-3-4-13(10-15)18-16(21)11-14(12-17)24-2/h3-5,10,14H,6-9,11-12,17H2,1-2H3,(H,18,21). The van der Waals surface area contributed by atoms with E-state index in [-0.39, 0.29) is 29.9 Å². The minimum absolute atomic E-state index is 0.114. The molecule has 3 N–H and O–H groups in total. The first kappa shape index (κ1) is 19.8. The lowest BCUT2D eigenvalue weighted by Crippen LogP contribution is -2.47. The quantitative estimate of drug-likeness (QED) is 0.696. The van der Waals surface area contributed by atoms with Gasteiger partial charge in [-0.1, -0.05) is 6.07 Å². The van der Waals surface area contributed by atoms with Gasteiger partial charge in [0.1, 0.15) is 0 Å². The first-order chi connectivity index (χ1) is 11.9. The topological polar surface area (TPSA) is 105 Å². The number of hydrogen-bond donors (Lipinski definition) is 2. The summed E-state index contributed by atoms with van der Waals surface area (Å²) in [6.45, 7) is 2.56. The molecule has 1 fully saturated rings. The molecule has 2 rings (SSSR count). The number of carbonyl (C=O) groups excluding carboxylic acids is 1. The van der Waals surface area contributed by atoms with Gasteiger partial charge in [0, 0.05) is 45.5 Å². The number of methoxy groups -OCH3 is 1. The van der Waals surface area contributed by atoms with Crippen molar-refractivity contribution < 1.29 is 17.9 Å². The molecular weight excluding hydrogens is 344 g/mol. The Morgan fingerprint density at radius 3 is 2.60 bits per heavy atom. The SMILES string of the molecule is COC(CN)CC(=O)Nc1cccc(S(=O)(=O)N2CCN(C)CC2)c1. The predicted molar refractivity (Wildman–Crippen MR) is 95.8 cm³/mol. The van der Waals surface area contributed by atoms with E-state index in [4.69, 9.17) is 10.5 Å². The number of hydrogen-bond acceptors (Lipinski definition) is 6. The highest BCUT2D eigenvalue weighted by Gasteiger charge is 2.27. The fourth-order valence-electron chi connectivity index (χ4n) is 2.59. The third-order valence-corrected chi connectivity index (χ3v) is 6.12. The molecule has 8 nitrogen and oxygen atoms in total. The van der Waals surface area contributed by atoms with E-state index in [1.807, 2.05) is 7.05 Å². The van der Waals surface area contributed by atoms with Crippen molar-refractivity contribution >= 4 is 21.6 Å². The van der Waals surface area contributed by atoms with Crippen LogP contribution in [0.2, 0.25) is 0 Å². The molecule has 25 heavy (non-hydrogen) atoms. The largest absolute Gasteiger partial charge is 0.380 e. The Labute approximate surface area is 149 Å². The van der Waals surface area contributed by atoms with Crippen LogP contribution in [0, 0.1) is 0 Å². The maximum Gasteiger partial charge on any atom is 0.243 e. The molecule has 1 aliphatic rings. The fraction of sp³-hybridized carbons (Fsp3) is 0.562. The van der Waals surface area contributed by atoms with E-state index in [2.05, 4.69) is 10.2 Å². The van der Waals surface area contributed by atoms with E-state index in [0.29, 0.717) is 31.9 Å². The van der Waals surface area contributed by atoms with Crippen molar-refractivity contribution in [1.29, 1.82) is 0 Å². The normalized spacial score (nSPS) is 18.0. The molecule has 1 saturated heterocycles. The van der Waals surface area contributed by atoms with Crippen molar-refractivity contribution in [1.82, 2.24) is 9.21 Å². The molecule has 0 spiro atoms. The predicted octanol–water partition coefficient (Wildman–Crippen LogP) is -0.0750. The van der Waals surface area contributed by atoms with Crippen LogP contribution in [0.1, 0.15) is 6.42 Å². The van der Waals surface area contributed by atoms with Crippen molar-refractivity contribution in [3.05, 3.63) is 24.3 Å². The molecule has 0 saturated carbocycles. The molecule has 1 amide bonds. The Hall–Kier alpha value is -1.52. The molecule has 0 radical (unpaired) electrons. The number of ether oxygens (including phenoxy) is 1. The summed E-state index contributed by atoms with van der Waals surface area (Å²) in [4.78, 5) is 14.3. The molecule has 140 valence electrons. The Bertz CT molecular complexity index is 683. The lowest BCUT2D eigenvalue weighted by Gasteiger charge is -2.31. The smallest absolute Gasteiger partial charge is 0.243 e. The molecule has 1 atom stereocenters. The summed E-state index contributed by atoms with van der Waals surface area (Å²) in [5.74, 6) is -0.272. The van der Waals surface area contributed by atoms with E-state index < -0.39 is 10.0 Å². The zero-order valence-electron chi connectivity index (χ0n) is 14.6. The van der Waals surface area contributed by atoms with Crippen LogP contribution in [0.15, 0.2) is 29.2 Å². The summed E-state index contributed by atoms with van der Waals surface area (Å²) in [5, 5.41) is 2.70. The van der Waals surface area contributed by atoms with Gasteiger partial charge in [-0.3, -0.25) is 4.79 Å². The molecule has 0 bridgehead atoms. The zero-order valence-corrected chi connectivity index (χ0v) is 15.5. The van der Waals surface area contributed by atoms with Gasteiger partial charge < -0.3 is 20.7 Å².